The van der Waals surface area contributed by atoms with E-state index in [1.807, 2.05) is 24.1 Å². The third-order valence-electron chi connectivity index (χ3n) is 4.87. The van der Waals surface area contributed by atoms with E-state index in [-0.39, 0.29) is 11.8 Å². The standard InChI is InChI=1S/C21H25N3O3/c1-22-16-6-5-13-24(14-16)21(26)18-7-3-4-8-19(18)23-20(25)15-9-11-17(27-2)12-10-15/h3-4,7-12,16,22H,5-6,13-14H2,1-2H3,(H,23,25). The van der Waals surface area contributed by atoms with Crippen LogP contribution in [0.5, 0.6) is 5.75 Å². The minimum absolute atomic E-state index is 0.0550. The highest BCUT2D eigenvalue weighted by atomic mass is 16.5. The van der Waals surface area contributed by atoms with Crippen LogP contribution in [0.4, 0.5) is 5.69 Å². The Labute approximate surface area is 159 Å². The van der Waals surface area contributed by atoms with Gasteiger partial charge in [-0.05, 0) is 56.3 Å². The number of nitrogens with zero attached hydrogens (tertiary/aromatic N) is 1. The predicted molar refractivity (Wildman–Crippen MR) is 105 cm³/mol. The fraction of sp³-hybridized carbons (Fsp3) is 0.333. The van der Waals surface area contributed by atoms with Crippen LogP contribution in [0.2, 0.25) is 0 Å². The lowest BCUT2D eigenvalue weighted by Crippen LogP contribution is -2.47. The zero-order valence-corrected chi connectivity index (χ0v) is 15.7. The number of hydrogen-bond donors (Lipinski definition) is 2. The molecular formula is C21H25N3O3. The van der Waals surface area contributed by atoms with Gasteiger partial charge in [-0.2, -0.15) is 0 Å². The van der Waals surface area contributed by atoms with Crippen LogP contribution in [-0.4, -0.2) is 50.0 Å². The van der Waals surface area contributed by atoms with Gasteiger partial charge in [0.1, 0.15) is 5.75 Å². The number of para-hydroxylation sites is 1. The Morgan fingerprint density at radius 2 is 1.85 bits per heavy atom. The number of nitrogens with one attached hydrogen (secondary N) is 2. The Kier molecular flexibility index (Phi) is 6.08. The average Bonchev–Trinajstić information content (AvgIpc) is 2.73. The second kappa shape index (κ2) is 8.68. The molecule has 1 heterocycles. The number of carbonyl (C=O) groups is 2. The Morgan fingerprint density at radius 3 is 2.56 bits per heavy atom. The van der Waals surface area contributed by atoms with Crippen molar-refractivity contribution in [1.29, 1.82) is 0 Å². The lowest BCUT2D eigenvalue weighted by molar-refractivity contribution is 0.0699. The number of rotatable bonds is 5. The summed E-state index contributed by atoms with van der Waals surface area (Å²) in [6.45, 7) is 1.41. The number of anilines is 1. The monoisotopic (exact) mass is 367 g/mol. The van der Waals surface area contributed by atoms with Crippen molar-refractivity contribution < 1.29 is 14.3 Å². The third-order valence-corrected chi connectivity index (χ3v) is 4.87. The summed E-state index contributed by atoms with van der Waals surface area (Å²) in [5, 5.41) is 6.11. The number of carbonyl (C=O) groups excluding carboxylic acids is 2. The van der Waals surface area contributed by atoms with Crippen molar-refractivity contribution in [1.82, 2.24) is 10.2 Å². The van der Waals surface area contributed by atoms with Gasteiger partial charge < -0.3 is 20.3 Å². The number of piperidine rings is 1. The molecule has 142 valence electrons. The summed E-state index contributed by atoms with van der Waals surface area (Å²) in [7, 11) is 3.50. The molecule has 0 aromatic heterocycles. The summed E-state index contributed by atoms with van der Waals surface area (Å²) < 4.78 is 5.12. The van der Waals surface area contributed by atoms with E-state index in [9.17, 15) is 9.59 Å². The van der Waals surface area contributed by atoms with Crippen LogP contribution < -0.4 is 15.4 Å². The van der Waals surface area contributed by atoms with E-state index in [2.05, 4.69) is 10.6 Å². The van der Waals surface area contributed by atoms with Crippen molar-refractivity contribution in [3.8, 4) is 5.75 Å². The number of likely N-dealkylation sites (tertiary alicyclic amines) is 1. The van der Waals surface area contributed by atoms with E-state index in [1.165, 1.54) is 0 Å². The van der Waals surface area contributed by atoms with E-state index >= 15 is 0 Å². The molecule has 0 aliphatic carbocycles. The molecule has 2 aromatic rings. The molecule has 6 nitrogen and oxygen atoms in total. The zero-order chi connectivity index (χ0) is 19.2. The van der Waals surface area contributed by atoms with Gasteiger partial charge in [0.2, 0.25) is 0 Å². The fourth-order valence-corrected chi connectivity index (χ4v) is 3.28. The van der Waals surface area contributed by atoms with Gasteiger partial charge in [-0.15, -0.1) is 0 Å². The third kappa shape index (κ3) is 4.46. The molecule has 0 radical (unpaired) electrons. The van der Waals surface area contributed by atoms with Gasteiger partial charge in [-0.3, -0.25) is 9.59 Å². The number of hydrogen-bond acceptors (Lipinski definition) is 4. The van der Waals surface area contributed by atoms with Crippen molar-refractivity contribution in [3.05, 3.63) is 59.7 Å². The molecule has 1 atom stereocenters. The number of ether oxygens (including phenoxy) is 1. The average molecular weight is 367 g/mol. The Hall–Kier alpha value is -2.86. The Bertz CT molecular complexity index is 805. The lowest BCUT2D eigenvalue weighted by Gasteiger charge is -2.33. The first-order chi connectivity index (χ1) is 13.1. The number of benzene rings is 2. The van der Waals surface area contributed by atoms with Gasteiger partial charge in [0.05, 0.1) is 18.4 Å². The molecule has 1 aliphatic rings. The number of amides is 2. The van der Waals surface area contributed by atoms with Crippen LogP contribution in [0.3, 0.4) is 0 Å². The highest BCUT2D eigenvalue weighted by Crippen LogP contribution is 2.21. The van der Waals surface area contributed by atoms with E-state index < -0.39 is 0 Å². The zero-order valence-electron chi connectivity index (χ0n) is 15.7. The van der Waals surface area contributed by atoms with Crippen LogP contribution in [0.25, 0.3) is 0 Å². The maximum atomic E-state index is 13.0. The largest absolute Gasteiger partial charge is 0.497 e. The first-order valence-corrected chi connectivity index (χ1v) is 9.13. The van der Waals surface area contributed by atoms with Crippen molar-refractivity contribution in [3.63, 3.8) is 0 Å². The quantitative estimate of drug-likeness (QED) is 0.853. The van der Waals surface area contributed by atoms with Gasteiger partial charge in [0, 0.05) is 24.7 Å². The van der Waals surface area contributed by atoms with Crippen molar-refractivity contribution >= 4 is 17.5 Å². The lowest BCUT2D eigenvalue weighted by atomic mass is 10.0. The van der Waals surface area contributed by atoms with E-state index in [0.717, 1.165) is 19.4 Å². The Morgan fingerprint density at radius 1 is 1.11 bits per heavy atom. The minimum Gasteiger partial charge on any atom is -0.497 e. The molecule has 2 amide bonds. The van der Waals surface area contributed by atoms with Crippen LogP contribution in [0, 0.1) is 0 Å². The summed E-state index contributed by atoms with van der Waals surface area (Å²) in [6.07, 6.45) is 2.04. The number of methoxy groups -OCH3 is 1. The summed E-state index contributed by atoms with van der Waals surface area (Å²) in [6, 6.07) is 14.3. The van der Waals surface area contributed by atoms with Crippen LogP contribution in [0.1, 0.15) is 33.6 Å². The molecule has 0 bridgehead atoms. The normalized spacial score (nSPS) is 16.7. The Balaban J connectivity index is 1.76. The molecule has 6 heteroatoms. The summed E-state index contributed by atoms with van der Waals surface area (Å²) >= 11 is 0. The summed E-state index contributed by atoms with van der Waals surface area (Å²) in [4.78, 5) is 27.4. The smallest absolute Gasteiger partial charge is 0.256 e. The first-order valence-electron chi connectivity index (χ1n) is 9.13. The van der Waals surface area contributed by atoms with E-state index in [0.29, 0.717) is 35.2 Å². The molecule has 2 aromatic carbocycles. The maximum absolute atomic E-state index is 13.0. The second-order valence-electron chi connectivity index (χ2n) is 6.61. The van der Waals surface area contributed by atoms with Gasteiger partial charge >= 0.3 is 0 Å². The fourth-order valence-electron chi connectivity index (χ4n) is 3.28. The van der Waals surface area contributed by atoms with Crippen molar-refractivity contribution in [2.75, 3.05) is 32.6 Å². The molecule has 1 fully saturated rings. The molecule has 0 saturated carbocycles. The maximum Gasteiger partial charge on any atom is 0.256 e. The second-order valence-corrected chi connectivity index (χ2v) is 6.61. The molecule has 1 unspecified atom stereocenters. The van der Waals surface area contributed by atoms with Crippen LogP contribution in [0.15, 0.2) is 48.5 Å². The van der Waals surface area contributed by atoms with Crippen molar-refractivity contribution in [2.24, 2.45) is 0 Å². The molecule has 1 aliphatic heterocycles. The predicted octanol–water partition coefficient (Wildman–Crippen LogP) is 2.77. The highest BCUT2D eigenvalue weighted by Gasteiger charge is 2.25. The highest BCUT2D eigenvalue weighted by molar-refractivity contribution is 6.09. The van der Waals surface area contributed by atoms with Crippen LogP contribution in [-0.2, 0) is 0 Å². The number of likely N-dealkylation sites (N-methyl/N-ethyl adjacent to an activating group) is 1. The van der Waals surface area contributed by atoms with E-state index in [1.54, 1.807) is 43.5 Å². The summed E-state index contributed by atoms with van der Waals surface area (Å²) in [5.74, 6) is 0.372. The SMILES string of the molecule is CNC1CCCN(C(=O)c2ccccc2NC(=O)c2ccc(OC)cc2)C1. The minimum atomic E-state index is -0.260. The molecule has 0 spiro atoms. The summed E-state index contributed by atoms with van der Waals surface area (Å²) in [5.41, 5.74) is 1.54. The van der Waals surface area contributed by atoms with Gasteiger partial charge in [-0.1, -0.05) is 12.1 Å². The van der Waals surface area contributed by atoms with Crippen LogP contribution >= 0.6 is 0 Å². The van der Waals surface area contributed by atoms with Gasteiger partial charge in [0.25, 0.3) is 11.8 Å². The topological polar surface area (TPSA) is 70.7 Å². The molecule has 27 heavy (non-hydrogen) atoms. The molecule has 1 saturated heterocycles. The van der Waals surface area contributed by atoms with Gasteiger partial charge in [-0.25, -0.2) is 0 Å². The van der Waals surface area contributed by atoms with E-state index in [4.69, 9.17) is 4.74 Å². The molecule has 2 N–H and O–H groups in total. The van der Waals surface area contributed by atoms with Crippen molar-refractivity contribution in [2.45, 2.75) is 18.9 Å². The molecular weight excluding hydrogens is 342 g/mol. The first kappa shape index (κ1) is 18.9. The molecule has 3 rings (SSSR count). The van der Waals surface area contributed by atoms with Gasteiger partial charge in [0.15, 0.2) is 0 Å².